The summed E-state index contributed by atoms with van der Waals surface area (Å²) >= 11 is 5.65. The van der Waals surface area contributed by atoms with Gasteiger partial charge in [-0.1, -0.05) is 41.9 Å². The van der Waals surface area contributed by atoms with E-state index in [2.05, 4.69) is 0 Å². The molecule has 0 saturated carbocycles. The third kappa shape index (κ3) is 3.48. The molecule has 1 unspecified atom stereocenters. The third-order valence-electron chi connectivity index (χ3n) is 3.10. The van der Waals surface area contributed by atoms with Crippen molar-refractivity contribution in [1.82, 2.24) is 0 Å². The minimum atomic E-state index is -4.92. The third-order valence-corrected chi connectivity index (χ3v) is 3.36. The average molecular weight is 331 g/mol. The van der Waals surface area contributed by atoms with E-state index in [4.69, 9.17) is 11.6 Å². The first-order valence-corrected chi connectivity index (χ1v) is 6.60. The summed E-state index contributed by atoms with van der Waals surface area (Å²) in [6.07, 6.45) is -3.21. The van der Waals surface area contributed by atoms with Crippen molar-refractivity contribution in [2.24, 2.45) is 0 Å². The zero-order valence-corrected chi connectivity index (χ0v) is 11.9. The highest BCUT2D eigenvalue weighted by Gasteiger charge is 2.53. The Morgan fingerprint density at radius 1 is 0.909 bits per heavy atom. The van der Waals surface area contributed by atoms with E-state index < -0.39 is 17.6 Å². The van der Waals surface area contributed by atoms with Crippen LogP contribution in [0.3, 0.4) is 0 Å². The molecule has 0 aliphatic rings. The molecule has 0 aliphatic heterocycles. The maximum Gasteiger partial charge on any atom is 0.425 e. The highest BCUT2D eigenvalue weighted by atomic mass is 35.5. The van der Waals surface area contributed by atoms with Crippen LogP contribution in [0.4, 0.5) is 17.6 Å². The number of rotatable bonds is 3. The van der Waals surface area contributed by atoms with Crippen molar-refractivity contribution in [3.8, 4) is 0 Å². The Kier molecular flexibility index (Phi) is 4.58. The lowest BCUT2D eigenvalue weighted by molar-refractivity contribution is -0.244. The summed E-state index contributed by atoms with van der Waals surface area (Å²) in [6, 6.07) is 9.59. The average Bonchev–Trinajstić information content (AvgIpc) is 2.46. The van der Waals surface area contributed by atoms with Crippen LogP contribution in [0.25, 0.3) is 6.08 Å². The van der Waals surface area contributed by atoms with Crippen molar-refractivity contribution >= 4 is 17.7 Å². The molecule has 0 aromatic heterocycles. The molecule has 0 heterocycles. The van der Waals surface area contributed by atoms with Gasteiger partial charge in [-0.15, -0.1) is 0 Å². The molecule has 116 valence electrons. The zero-order chi connectivity index (χ0) is 16.4. The lowest BCUT2D eigenvalue weighted by Gasteiger charge is -2.28. The standard InChI is InChI=1S/C16H11ClF4O/c17-13-5-3-12(4-6-13)15(22,16(19,20)21)10-9-11-1-7-14(18)8-2-11/h1-10,22H. The fraction of sp³-hybridized carbons (Fsp3) is 0.125. The Labute approximate surface area is 129 Å². The summed E-state index contributed by atoms with van der Waals surface area (Å²) in [4.78, 5) is 0. The first-order chi connectivity index (χ1) is 10.2. The lowest BCUT2D eigenvalue weighted by Crippen LogP contribution is -2.40. The van der Waals surface area contributed by atoms with Crippen LogP contribution in [-0.2, 0) is 5.60 Å². The van der Waals surface area contributed by atoms with E-state index in [-0.39, 0.29) is 10.6 Å². The maximum absolute atomic E-state index is 13.3. The van der Waals surface area contributed by atoms with Crippen molar-refractivity contribution in [3.63, 3.8) is 0 Å². The van der Waals surface area contributed by atoms with Gasteiger partial charge in [0.2, 0.25) is 5.60 Å². The van der Waals surface area contributed by atoms with E-state index in [9.17, 15) is 22.7 Å². The second kappa shape index (κ2) is 6.10. The monoisotopic (exact) mass is 330 g/mol. The molecule has 1 nitrogen and oxygen atoms in total. The number of hydrogen-bond donors (Lipinski definition) is 1. The molecule has 0 fully saturated rings. The predicted octanol–water partition coefficient (Wildman–Crippen LogP) is 4.94. The molecule has 6 heteroatoms. The molecule has 0 amide bonds. The van der Waals surface area contributed by atoms with Crippen molar-refractivity contribution < 1.29 is 22.7 Å². The van der Waals surface area contributed by atoms with Crippen LogP contribution < -0.4 is 0 Å². The van der Waals surface area contributed by atoms with Crippen LogP contribution in [0.5, 0.6) is 0 Å². The Hall–Kier alpha value is -1.85. The summed E-state index contributed by atoms with van der Waals surface area (Å²) in [6.45, 7) is 0. The van der Waals surface area contributed by atoms with Gasteiger partial charge in [0, 0.05) is 5.02 Å². The van der Waals surface area contributed by atoms with E-state index >= 15 is 0 Å². The predicted molar refractivity (Wildman–Crippen MR) is 76.8 cm³/mol. The maximum atomic E-state index is 13.3. The van der Waals surface area contributed by atoms with Gasteiger partial charge in [0.25, 0.3) is 0 Å². The van der Waals surface area contributed by atoms with Gasteiger partial charge in [-0.2, -0.15) is 13.2 Å². The van der Waals surface area contributed by atoms with Crippen LogP contribution in [0, 0.1) is 5.82 Å². The number of aliphatic hydroxyl groups is 1. The molecule has 2 rings (SSSR count). The molecular formula is C16H11ClF4O. The summed E-state index contributed by atoms with van der Waals surface area (Å²) < 4.78 is 52.6. The normalized spacial score (nSPS) is 15.0. The van der Waals surface area contributed by atoms with Gasteiger partial charge < -0.3 is 5.11 Å². The molecule has 0 radical (unpaired) electrons. The molecule has 0 aliphatic carbocycles. The van der Waals surface area contributed by atoms with Crippen molar-refractivity contribution in [3.05, 3.63) is 76.6 Å². The minimum absolute atomic E-state index is 0.260. The lowest BCUT2D eigenvalue weighted by atomic mass is 9.92. The van der Waals surface area contributed by atoms with Crippen LogP contribution in [0.15, 0.2) is 54.6 Å². The van der Waals surface area contributed by atoms with E-state index in [0.29, 0.717) is 11.6 Å². The van der Waals surface area contributed by atoms with Gasteiger partial charge in [0.05, 0.1) is 0 Å². The molecule has 1 N–H and O–H groups in total. The van der Waals surface area contributed by atoms with E-state index in [0.717, 1.165) is 30.3 Å². The molecule has 0 saturated heterocycles. The molecular weight excluding hydrogens is 320 g/mol. The second-order valence-corrected chi connectivity index (χ2v) is 5.09. The van der Waals surface area contributed by atoms with E-state index in [1.807, 2.05) is 0 Å². The smallest absolute Gasteiger partial charge is 0.373 e. The fourth-order valence-electron chi connectivity index (χ4n) is 1.85. The van der Waals surface area contributed by atoms with Crippen LogP contribution >= 0.6 is 11.6 Å². The number of benzene rings is 2. The summed E-state index contributed by atoms with van der Waals surface area (Å²) in [7, 11) is 0. The summed E-state index contributed by atoms with van der Waals surface area (Å²) in [5.41, 5.74) is -3.19. The summed E-state index contributed by atoms with van der Waals surface area (Å²) in [5, 5.41) is 10.4. The van der Waals surface area contributed by atoms with Crippen LogP contribution in [-0.4, -0.2) is 11.3 Å². The topological polar surface area (TPSA) is 20.2 Å². The van der Waals surface area contributed by atoms with Crippen molar-refractivity contribution in [2.45, 2.75) is 11.8 Å². The quantitative estimate of drug-likeness (QED) is 0.790. The molecule has 2 aromatic rings. The van der Waals surface area contributed by atoms with Gasteiger partial charge >= 0.3 is 6.18 Å². The number of alkyl halides is 3. The minimum Gasteiger partial charge on any atom is -0.373 e. The zero-order valence-electron chi connectivity index (χ0n) is 11.1. The van der Waals surface area contributed by atoms with Gasteiger partial charge in [0.15, 0.2) is 0 Å². The van der Waals surface area contributed by atoms with E-state index in [1.165, 1.54) is 24.3 Å². The van der Waals surface area contributed by atoms with Crippen molar-refractivity contribution in [2.75, 3.05) is 0 Å². The van der Waals surface area contributed by atoms with Gasteiger partial charge in [-0.3, -0.25) is 0 Å². The Morgan fingerprint density at radius 3 is 1.95 bits per heavy atom. The molecule has 22 heavy (non-hydrogen) atoms. The van der Waals surface area contributed by atoms with Gasteiger partial charge in [-0.25, -0.2) is 4.39 Å². The largest absolute Gasteiger partial charge is 0.425 e. The highest BCUT2D eigenvalue weighted by molar-refractivity contribution is 6.30. The van der Waals surface area contributed by atoms with Gasteiger partial charge in [0.1, 0.15) is 5.82 Å². The first-order valence-electron chi connectivity index (χ1n) is 6.22. The Balaban J connectivity index is 2.42. The number of hydrogen-bond acceptors (Lipinski definition) is 1. The fourth-order valence-corrected chi connectivity index (χ4v) is 1.98. The highest BCUT2D eigenvalue weighted by Crippen LogP contribution is 2.40. The van der Waals surface area contributed by atoms with E-state index in [1.54, 1.807) is 0 Å². The Morgan fingerprint density at radius 2 is 1.45 bits per heavy atom. The SMILES string of the molecule is OC(C=Cc1ccc(F)cc1)(c1ccc(Cl)cc1)C(F)(F)F. The summed E-state index contributed by atoms with van der Waals surface area (Å²) in [5.74, 6) is -0.499. The Bertz CT molecular complexity index is 662. The molecule has 0 spiro atoms. The van der Waals surface area contributed by atoms with Crippen LogP contribution in [0.2, 0.25) is 5.02 Å². The van der Waals surface area contributed by atoms with Crippen LogP contribution in [0.1, 0.15) is 11.1 Å². The number of halogens is 5. The molecule has 0 bridgehead atoms. The molecule has 1 atom stereocenters. The second-order valence-electron chi connectivity index (χ2n) is 4.66. The van der Waals surface area contributed by atoms with Gasteiger partial charge in [-0.05, 0) is 41.5 Å². The van der Waals surface area contributed by atoms with Crippen molar-refractivity contribution in [1.29, 1.82) is 0 Å². The first kappa shape index (κ1) is 16.5. The molecule has 2 aromatic carbocycles.